The van der Waals surface area contributed by atoms with E-state index in [0.29, 0.717) is 19.8 Å². The minimum atomic E-state index is -0.841. The summed E-state index contributed by atoms with van der Waals surface area (Å²) < 4.78 is 16.9. The first-order valence-corrected chi connectivity index (χ1v) is 14.0. The van der Waals surface area contributed by atoms with E-state index < -0.39 is 6.10 Å². The fraction of sp³-hybridized carbons (Fsp3) is 0.929. The van der Waals surface area contributed by atoms with Gasteiger partial charge in [-0.05, 0) is 25.3 Å². The predicted molar refractivity (Wildman–Crippen MR) is 139 cm³/mol. The minimum Gasteiger partial charge on any atom is -0.499 e. The number of aliphatic hydroxyl groups excluding tert-OH is 2. The molecule has 0 heterocycles. The highest BCUT2D eigenvalue weighted by molar-refractivity contribution is 4.74. The Morgan fingerprint density at radius 2 is 1.21 bits per heavy atom. The molecule has 2 atom stereocenters. The van der Waals surface area contributed by atoms with Crippen LogP contribution in [0.3, 0.4) is 0 Å². The Kier molecular flexibility index (Phi) is 27.1. The molecule has 0 amide bonds. The van der Waals surface area contributed by atoms with Gasteiger partial charge in [-0.15, -0.1) is 0 Å². The molecular formula is C28H56O5. The number of hydrogen-bond acceptors (Lipinski definition) is 5. The van der Waals surface area contributed by atoms with Crippen LogP contribution in [0.15, 0.2) is 12.3 Å². The lowest BCUT2D eigenvalue weighted by atomic mass is 10.0. The molecule has 0 bridgehead atoms. The standard InChI is InChI=1S/C28H56O5/c1-3-5-7-8-9-10-11-12-13-14-15-16-17-18-19-20-21-31-25-28(33-22-6-4-2)26-32-24-27(30)23-29/h20-21,27-30H,3-19,22-26H2,1-2H3. The molecule has 0 aromatic heterocycles. The normalized spacial score (nSPS) is 13.6. The SMILES string of the molecule is CCCCCCCCCCCCCCCCC=COCC(COCC(O)CO)OCCCC. The number of ether oxygens (including phenoxy) is 3. The second-order valence-corrected chi connectivity index (χ2v) is 9.31. The maximum absolute atomic E-state index is 9.37. The fourth-order valence-corrected chi connectivity index (χ4v) is 3.68. The number of aliphatic hydroxyl groups is 2. The fourth-order valence-electron chi connectivity index (χ4n) is 3.68. The van der Waals surface area contributed by atoms with Crippen molar-refractivity contribution in [2.45, 2.75) is 135 Å². The minimum absolute atomic E-state index is 0.110. The Balaban J connectivity index is 3.54. The van der Waals surface area contributed by atoms with Crippen LogP contribution >= 0.6 is 0 Å². The van der Waals surface area contributed by atoms with E-state index in [9.17, 15) is 5.11 Å². The van der Waals surface area contributed by atoms with E-state index >= 15 is 0 Å². The van der Waals surface area contributed by atoms with Crippen molar-refractivity contribution in [3.05, 3.63) is 12.3 Å². The van der Waals surface area contributed by atoms with Gasteiger partial charge in [0.15, 0.2) is 0 Å². The highest BCUT2D eigenvalue weighted by atomic mass is 16.6. The van der Waals surface area contributed by atoms with Crippen LogP contribution in [-0.2, 0) is 14.2 Å². The van der Waals surface area contributed by atoms with E-state index in [1.54, 1.807) is 6.26 Å². The monoisotopic (exact) mass is 472 g/mol. The summed E-state index contributed by atoms with van der Waals surface area (Å²) in [5.74, 6) is 0. The molecule has 0 saturated carbocycles. The molecule has 5 nitrogen and oxygen atoms in total. The lowest BCUT2D eigenvalue weighted by molar-refractivity contribution is -0.0664. The molecule has 198 valence electrons. The van der Waals surface area contributed by atoms with Gasteiger partial charge in [0.25, 0.3) is 0 Å². The summed E-state index contributed by atoms with van der Waals surface area (Å²) >= 11 is 0. The van der Waals surface area contributed by atoms with Gasteiger partial charge in [0.05, 0.1) is 26.1 Å². The first kappa shape index (κ1) is 32.4. The van der Waals surface area contributed by atoms with Crippen LogP contribution in [0.2, 0.25) is 0 Å². The molecule has 0 fully saturated rings. The second kappa shape index (κ2) is 27.6. The molecule has 2 unspecified atom stereocenters. The molecule has 5 heteroatoms. The zero-order chi connectivity index (χ0) is 24.2. The smallest absolute Gasteiger partial charge is 0.116 e. The van der Waals surface area contributed by atoms with Crippen LogP contribution in [0, 0.1) is 0 Å². The van der Waals surface area contributed by atoms with Gasteiger partial charge in [-0.3, -0.25) is 0 Å². The molecular weight excluding hydrogens is 416 g/mol. The summed E-state index contributed by atoms with van der Waals surface area (Å²) in [7, 11) is 0. The molecule has 0 aliphatic heterocycles. The number of unbranched alkanes of at least 4 members (excludes halogenated alkanes) is 15. The van der Waals surface area contributed by atoms with Crippen molar-refractivity contribution < 1.29 is 24.4 Å². The van der Waals surface area contributed by atoms with Gasteiger partial charge >= 0.3 is 0 Å². The molecule has 33 heavy (non-hydrogen) atoms. The molecule has 0 rings (SSSR count). The van der Waals surface area contributed by atoms with Crippen LogP contribution in [0.5, 0.6) is 0 Å². The summed E-state index contributed by atoms with van der Waals surface area (Å²) in [4.78, 5) is 0. The third-order valence-corrected chi connectivity index (χ3v) is 5.88. The van der Waals surface area contributed by atoms with Crippen molar-refractivity contribution in [1.82, 2.24) is 0 Å². The van der Waals surface area contributed by atoms with Gasteiger partial charge in [0, 0.05) is 6.61 Å². The van der Waals surface area contributed by atoms with E-state index in [0.717, 1.165) is 19.3 Å². The van der Waals surface area contributed by atoms with Crippen molar-refractivity contribution in [1.29, 1.82) is 0 Å². The van der Waals surface area contributed by atoms with Crippen LogP contribution in [-0.4, -0.2) is 55.5 Å². The first-order valence-electron chi connectivity index (χ1n) is 14.0. The molecule has 0 aliphatic carbocycles. The quantitative estimate of drug-likeness (QED) is 0.100. The molecule has 0 radical (unpaired) electrons. The maximum Gasteiger partial charge on any atom is 0.116 e. The van der Waals surface area contributed by atoms with E-state index in [-0.39, 0.29) is 19.3 Å². The lowest BCUT2D eigenvalue weighted by Gasteiger charge is -2.18. The summed E-state index contributed by atoms with van der Waals surface area (Å²) in [6, 6.07) is 0. The highest BCUT2D eigenvalue weighted by Crippen LogP contribution is 2.13. The van der Waals surface area contributed by atoms with Gasteiger partial charge in [-0.2, -0.15) is 0 Å². The third-order valence-electron chi connectivity index (χ3n) is 5.88. The van der Waals surface area contributed by atoms with Crippen LogP contribution in [0.25, 0.3) is 0 Å². The van der Waals surface area contributed by atoms with Crippen molar-refractivity contribution in [2.75, 3.05) is 33.0 Å². The largest absolute Gasteiger partial charge is 0.499 e. The van der Waals surface area contributed by atoms with Crippen molar-refractivity contribution >= 4 is 0 Å². The van der Waals surface area contributed by atoms with Gasteiger partial charge in [-0.25, -0.2) is 0 Å². The maximum atomic E-state index is 9.37. The van der Waals surface area contributed by atoms with Crippen molar-refractivity contribution in [2.24, 2.45) is 0 Å². The number of hydrogen-bond donors (Lipinski definition) is 2. The van der Waals surface area contributed by atoms with Crippen LogP contribution < -0.4 is 0 Å². The van der Waals surface area contributed by atoms with Gasteiger partial charge in [0.1, 0.15) is 18.8 Å². The molecule has 0 saturated heterocycles. The Morgan fingerprint density at radius 3 is 1.76 bits per heavy atom. The summed E-state index contributed by atoms with van der Waals surface area (Å²) in [5, 5.41) is 18.2. The van der Waals surface area contributed by atoms with Gasteiger partial charge < -0.3 is 24.4 Å². The van der Waals surface area contributed by atoms with Gasteiger partial charge in [0.2, 0.25) is 0 Å². The van der Waals surface area contributed by atoms with Crippen molar-refractivity contribution in [3.8, 4) is 0 Å². The lowest BCUT2D eigenvalue weighted by Crippen LogP contribution is -2.28. The summed E-state index contributed by atoms with van der Waals surface area (Å²) in [6.45, 7) is 5.70. The summed E-state index contributed by atoms with van der Waals surface area (Å²) in [5.41, 5.74) is 0. The van der Waals surface area contributed by atoms with Gasteiger partial charge in [-0.1, -0.05) is 104 Å². The number of allylic oxidation sites excluding steroid dienone is 1. The molecule has 0 spiro atoms. The Morgan fingerprint density at radius 1 is 0.667 bits per heavy atom. The Bertz CT molecular complexity index is 388. The average Bonchev–Trinajstić information content (AvgIpc) is 2.82. The highest BCUT2D eigenvalue weighted by Gasteiger charge is 2.11. The van der Waals surface area contributed by atoms with E-state index in [2.05, 4.69) is 19.9 Å². The molecule has 0 aromatic carbocycles. The average molecular weight is 473 g/mol. The van der Waals surface area contributed by atoms with Crippen molar-refractivity contribution in [3.63, 3.8) is 0 Å². The van der Waals surface area contributed by atoms with Crippen LogP contribution in [0.1, 0.15) is 123 Å². The zero-order valence-electron chi connectivity index (χ0n) is 22.0. The van der Waals surface area contributed by atoms with E-state index in [4.69, 9.17) is 19.3 Å². The van der Waals surface area contributed by atoms with E-state index in [1.807, 2.05) is 0 Å². The predicted octanol–water partition coefficient (Wildman–Crippen LogP) is 6.94. The second-order valence-electron chi connectivity index (χ2n) is 9.31. The Hall–Kier alpha value is -0.620. The number of rotatable bonds is 27. The topological polar surface area (TPSA) is 68.2 Å². The molecule has 0 aromatic rings. The van der Waals surface area contributed by atoms with Crippen LogP contribution in [0.4, 0.5) is 0 Å². The first-order chi connectivity index (χ1) is 16.2. The third kappa shape index (κ3) is 25.8. The molecule has 2 N–H and O–H groups in total. The Labute approximate surface area is 205 Å². The van der Waals surface area contributed by atoms with E-state index in [1.165, 1.54) is 89.9 Å². The molecule has 0 aliphatic rings. The zero-order valence-corrected chi connectivity index (χ0v) is 22.0. The summed E-state index contributed by atoms with van der Waals surface area (Å²) in [6.07, 6.45) is 25.4.